The van der Waals surface area contributed by atoms with Crippen molar-refractivity contribution in [1.29, 1.82) is 0 Å². The van der Waals surface area contributed by atoms with Crippen LogP contribution in [0.4, 0.5) is 5.69 Å². The molecule has 4 N–H and O–H groups in total. The fourth-order valence-electron chi connectivity index (χ4n) is 1.03. The lowest BCUT2D eigenvalue weighted by Crippen LogP contribution is -2.38. The Morgan fingerprint density at radius 3 is 2.26 bits per heavy atom. The van der Waals surface area contributed by atoms with Gasteiger partial charge in [-0.2, -0.15) is 0 Å². The van der Waals surface area contributed by atoms with Crippen LogP contribution in [0.1, 0.15) is 10.4 Å². The first-order valence-electron chi connectivity index (χ1n) is 4.69. The fraction of sp³-hybridized carbons (Fsp3) is 0. The zero-order valence-corrected chi connectivity index (χ0v) is 9.27. The zero-order valence-electron chi connectivity index (χ0n) is 9.27. The number of rotatable bonds is 4. The number of carbonyl (C=O) groups is 1. The molecule has 0 heterocycles. The molecular weight excluding hydrogens is 260 g/mol. The quantitative estimate of drug-likeness (QED) is 0.282. The Morgan fingerprint density at radius 2 is 1.79 bits per heavy atom. The number of hydrazone groups is 1. The van der Waals surface area contributed by atoms with E-state index in [0.29, 0.717) is 0 Å². The van der Waals surface area contributed by atoms with Crippen molar-refractivity contribution in [3.05, 3.63) is 50.1 Å². The summed E-state index contributed by atoms with van der Waals surface area (Å²) in [6, 6.07) is 4.69. The maximum absolute atomic E-state index is 11.5. The van der Waals surface area contributed by atoms with E-state index < -0.39 is 21.8 Å². The number of nitrogens with one attached hydrogen (secondary N) is 2. The smallest absolute Gasteiger partial charge is 0.273 e. The Kier molecular flexibility index (Phi) is 4.29. The summed E-state index contributed by atoms with van der Waals surface area (Å²) in [7, 11) is 0. The molecule has 11 nitrogen and oxygen atoms in total. The van der Waals surface area contributed by atoms with Crippen LogP contribution < -0.4 is 16.6 Å². The van der Waals surface area contributed by atoms with Gasteiger partial charge in [-0.1, -0.05) is 5.43 Å². The first kappa shape index (κ1) is 13.8. The van der Waals surface area contributed by atoms with Crippen molar-refractivity contribution in [2.24, 2.45) is 10.8 Å². The lowest BCUT2D eigenvalue weighted by Gasteiger charge is -2.00. The van der Waals surface area contributed by atoms with Crippen LogP contribution in [0.15, 0.2) is 29.4 Å². The van der Waals surface area contributed by atoms with Gasteiger partial charge in [-0.25, -0.2) is 15.5 Å². The first-order valence-corrected chi connectivity index (χ1v) is 4.69. The SMILES string of the molecule is N/C(=N\NC(=O)c1ccc([N+](=O)[O-])cc1)N[N+](=O)[O-]. The number of non-ortho nitro benzene ring substituents is 1. The third-order valence-corrected chi connectivity index (χ3v) is 1.82. The molecule has 0 aliphatic carbocycles. The van der Waals surface area contributed by atoms with Gasteiger partial charge in [-0.05, 0) is 12.1 Å². The third-order valence-electron chi connectivity index (χ3n) is 1.82. The molecule has 0 spiro atoms. The zero-order chi connectivity index (χ0) is 14.4. The standard InChI is InChI=1S/C8H8N6O5/c9-8(12-14(18)19)11-10-7(15)5-1-3-6(4-2-5)13(16)17/h1-4H,(H,10,15)(H3,9,11,12). The van der Waals surface area contributed by atoms with Crippen LogP contribution in [-0.4, -0.2) is 21.8 Å². The minimum Gasteiger partial charge on any atom is -0.364 e. The lowest BCUT2D eigenvalue weighted by atomic mass is 10.2. The van der Waals surface area contributed by atoms with Gasteiger partial charge >= 0.3 is 0 Å². The van der Waals surface area contributed by atoms with Crippen molar-refractivity contribution >= 4 is 17.6 Å². The molecule has 0 radical (unpaired) electrons. The maximum Gasteiger partial charge on any atom is 0.273 e. The third kappa shape index (κ3) is 4.26. The molecule has 1 aromatic carbocycles. The molecule has 1 rings (SSSR count). The number of hydrazine groups is 1. The first-order chi connectivity index (χ1) is 8.90. The number of nitrogens with zero attached hydrogens (tertiary/aromatic N) is 3. The highest BCUT2D eigenvalue weighted by atomic mass is 16.7. The Hall–Kier alpha value is -3.24. The van der Waals surface area contributed by atoms with Crippen molar-refractivity contribution in [2.75, 3.05) is 0 Å². The second-order valence-electron chi connectivity index (χ2n) is 3.11. The molecular formula is C8H8N6O5. The van der Waals surface area contributed by atoms with E-state index in [2.05, 4.69) is 5.10 Å². The molecule has 19 heavy (non-hydrogen) atoms. The largest absolute Gasteiger partial charge is 0.364 e. The van der Waals surface area contributed by atoms with E-state index in [4.69, 9.17) is 5.73 Å². The van der Waals surface area contributed by atoms with Crippen LogP contribution in [0.5, 0.6) is 0 Å². The summed E-state index contributed by atoms with van der Waals surface area (Å²) in [5.74, 6) is -1.33. The highest BCUT2D eigenvalue weighted by Gasteiger charge is 2.09. The van der Waals surface area contributed by atoms with Crippen LogP contribution in [0.3, 0.4) is 0 Å². The average Bonchev–Trinajstić information content (AvgIpc) is 2.35. The summed E-state index contributed by atoms with van der Waals surface area (Å²) in [4.78, 5) is 31.2. The fourth-order valence-corrected chi connectivity index (χ4v) is 1.03. The molecule has 0 aliphatic rings. The van der Waals surface area contributed by atoms with E-state index in [-0.39, 0.29) is 11.3 Å². The van der Waals surface area contributed by atoms with Gasteiger partial charge in [-0.15, -0.1) is 5.10 Å². The van der Waals surface area contributed by atoms with Gasteiger partial charge < -0.3 is 5.73 Å². The molecule has 100 valence electrons. The van der Waals surface area contributed by atoms with Crippen LogP contribution in [0.2, 0.25) is 0 Å². The number of nitro groups is 2. The molecule has 0 saturated carbocycles. The highest BCUT2D eigenvalue weighted by molar-refractivity contribution is 5.95. The van der Waals surface area contributed by atoms with Gasteiger partial charge in [0.05, 0.1) is 4.92 Å². The summed E-state index contributed by atoms with van der Waals surface area (Å²) in [6.07, 6.45) is 0. The van der Waals surface area contributed by atoms with E-state index in [1.807, 2.05) is 5.43 Å². The molecule has 0 atom stereocenters. The number of nitrogens with two attached hydrogens (primary N) is 1. The predicted molar refractivity (Wildman–Crippen MR) is 62.3 cm³/mol. The summed E-state index contributed by atoms with van der Waals surface area (Å²) < 4.78 is 0. The Balaban J connectivity index is 2.68. The number of hydrogen-bond acceptors (Lipinski definition) is 6. The van der Waals surface area contributed by atoms with E-state index in [1.54, 1.807) is 0 Å². The molecule has 0 unspecified atom stereocenters. The van der Waals surface area contributed by atoms with Gasteiger partial charge in [0.15, 0.2) is 5.03 Å². The summed E-state index contributed by atoms with van der Waals surface area (Å²) in [6.45, 7) is 0. The highest BCUT2D eigenvalue weighted by Crippen LogP contribution is 2.11. The molecule has 0 fully saturated rings. The predicted octanol–water partition coefficient (Wildman–Crippen LogP) is -0.664. The minimum absolute atomic E-state index is 0.0863. The second kappa shape index (κ2) is 5.90. The van der Waals surface area contributed by atoms with Gasteiger partial charge in [0.2, 0.25) is 0 Å². The van der Waals surface area contributed by atoms with Crippen LogP contribution in [0, 0.1) is 20.2 Å². The van der Waals surface area contributed by atoms with Gasteiger partial charge in [-0.3, -0.25) is 14.9 Å². The van der Waals surface area contributed by atoms with Gasteiger partial charge in [0, 0.05) is 17.7 Å². The number of carbonyl (C=O) groups excluding carboxylic acids is 1. The summed E-state index contributed by atoms with van der Waals surface area (Å²) >= 11 is 0. The topological polar surface area (TPSA) is 166 Å². The summed E-state index contributed by atoms with van der Waals surface area (Å²) in [5.41, 5.74) is 8.43. The number of guanidine groups is 1. The number of nitro benzene ring substituents is 1. The number of hydrogen-bond donors (Lipinski definition) is 3. The van der Waals surface area contributed by atoms with E-state index in [1.165, 1.54) is 17.6 Å². The van der Waals surface area contributed by atoms with Gasteiger partial charge in [0.25, 0.3) is 17.6 Å². The molecule has 11 heteroatoms. The number of amides is 1. The van der Waals surface area contributed by atoms with E-state index in [0.717, 1.165) is 12.1 Å². The molecule has 0 bridgehead atoms. The molecule has 0 saturated heterocycles. The van der Waals surface area contributed by atoms with Crippen LogP contribution in [-0.2, 0) is 0 Å². The lowest BCUT2D eigenvalue weighted by molar-refractivity contribution is -0.525. The molecule has 0 aromatic heterocycles. The van der Waals surface area contributed by atoms with E-state index in [9.17, 15) is 25.0 Å². The van der Waals surface area contributed by atoms with E-state index >= 15 is 0 Å². The molecule has 0 aliphatic heterocycles. The number of benzene rings is 1. The average molecular weight is 268 g/mol. The van der Waals surface area contributed by atoms with Crippen LogP contribution in [0.25, 0.3) is 0 Å². The Labute approximate surface area is 105 Å². The van der Waals surface area contributed by atoms with Crippen LogP contribution >= 0.6 is 0 Å². The van der Waals surface area contributed by atoms with Crippen molar-refractivity contribution in [3.63, 3.8) is 0 Å². The normalized spacial score (nSPS) is 10.6. The van der Waals surface area contributed by atoms with Crippen molar-refractivity contribution < 1.29 is 14.8 Å². The Bertz CT molecular complexity index is 539. The van der Waals surface area contributed by atoms with Crippen molar-refractivity contribution in [3.8, 4) is 0 Å². The molecule has 1 aromatic rings. The maximum atomic E-state index is 11.5. The Morgan fingerprint density at radius 1 is 1.21 bits per heavy atom. The van der Waals surface area contributed by atoms with Gasteiger partial charge in [0.1, 0.15) is 0 Å². The molecule has 1 amide bonds. The monoisotopic (exact) mass is 268 g/mol. The van der Waals surface area contributed by atoms with Crippen molar-refractivity contribution in [1.82, 2.24) is 10.9 Å². The summed E-state index contributed by atoms with van der Waals surface area (Å²) in [5, 5.41) is 22.6. The van der Waals surface area contributed by atoms with Crippen molar-refractivity contribution in [2.45, 2.75) is 0 Å². The second-order valence-corrected chi connectivity index (χ2v) is 3.11. The minimum atomic E-state index is -0.948.